The van der Waals surface area contributed by atoms with Crippen LogP contribution in [-0.2, 0) is 14.3 Å². The van der Waals surface area contributed by atoms with Crippen LogP contribution in [0.1, 0.15) is 50.8 Å². The molecule has 36 heavy (non-hydrogen) atoms. The number of ether oxygens (including phenoxy) is 1. The van der Waals surface area contributed by atoms with Crippen LogP contribution < -0.4 is 5.32 Å². The number of hydrogen-bond donors (Lipinski definition) is 1. The third-order valence-electron chi connectivity index (χ3n) is 6.32. The Morgan fingerprint density at radius 2 is 1.69 bits per heavy atom. The van der Waals surface area contributed by atoms with Gasteiger partial charge < -0.3 is 10.1 Å². The molecule has 2 unspecified atom stereocenters. The van der Waals surface area contributed by atoms with Gasteiger partial charge in [-0.25, -0.2) is 9.59 Å². The second-order valence-electron chi connectivity index (χ2n) is 9.73. The van der Waals surface area contributed by atoms with Crippen molar-refractivity contribution in [2.45, 2.75) is 45.7 Å². The molecule has 188 valence electrons. The monoisotopic (exact) mass is 526 g/mol. The average molecular weight is 527 g/mol. The first-order valence-electron chi connectivity index (χ1n) is 11.8. The maximum Gasteiger partial charge on any atom is 0.333 e. The van der Waals surface area contributed by atoms with E-state index >= 15 is 0 Å². The highest BCUT2D eigenvalue weighted by Crippen LogP contribution is 2.45. The largest absolute Gasteiger partial charge is 0.464 e. The Bertz CT molecular complexity index is 1230. The van der Waals surface area contributed by atoms with Gasteiger partial charge in [0.1, 0.15) is 0 Å². The first-order valence-corrected chi connectivity index (χ1v) is 12.6. The van der Waals surface area contributed by atoms with Gasteiger partial charge in [0.15, 0.2) is 11.8 Å². The van der Waals surface area contributed by atoms with Crippen molar-refractivity contribution in [2.24, 2.45) is 5.41 Å². The number of esters is 1. The van der Waals surface area contributed by atoms with Crippen LogP contribution in [0.5, 0.6) is 0 Å². The van der Waals surface area contributed by atoms with Crippen molar-refractivity contribution in [1.82, 2.24) is 10.2 Å². The minimum Gasteiger partial charge on any atom is -0.464 e. The molecular weight excluding hydrogens is 499 g/mol. The molecule has 6 nitrogen and oxygen atoms in total. The zero-order valence-electron chi connectivity index (χ0n) is 20.4. The van der Waals surface area contributed by atoms with Crippen molar-refractivity contribution in [3.05, 3.63) is 87.0 Å². The molecule has 0 fully saturated rings. The molecule has 2 aromatic rings. The second-order valence-corrected chi connectivity index (χ2v) is 10.6. The summed E-state index contributed by atoms with van der Waals surface area (Å²) in [6, 6.07) is 11.7. The molecule has 2 aliphatic rings. The SMILES string of the molecule is CCOC(=O)C(/C=C/c1ccc(Cl)cc1)N1C(=O)NC2=C(C(=O)CC(C)(C)C2)C1c1ccc(Cl)cc1. The van der Waals surface area contributed by atoms with Gasteiger partial charge in [-0.2, -0.15) is 0 Å². The Kier molecular flexibility index (Phi) is 7.57. The molecule has 2 aromatic carbocycles. The Balaban J connectivity index is 1.85. The van der Waals surface area contributed by atoms with Crippen molar-refractivity contribution >= 4 is 47.1 Å². The number of allylic oxidation sites excluding steroid dienone is 1. The van der Waals surface area contributed by atoms with Crippen LogP contribution in [0.25, 0.3) is 6.08 Å². The molecule has 2 atom stereocenters. The number of hydrogen-bond acceptors (Lipinski definition) is 4. The summed E-state index contributed by atoms with van der Waals surface area (Å²) in [5, 5.41) is 4.03. The molecule has 0 aromatic heterocycles. The number of benzene rings is 2. The predicted octanol–water partition coefficient (Wildman–Crippen LogP) is 6.35. The third kappa shape index (κ3) is 5.50. The Morgan fingerprint density at radius 3 is 2.31 bits per heavy atom. The predicted molar refractivity (Wildman–Crippen MR) is 141 cm³/mol. The first kappa shape index (κ1) is 26.0. The summed E-state index contributed by atoms with van der Waals surface area (Å²) in [6.45, 7) is 5.85. The molecule has 1 aliphatic carbocycles. The van der Waals surface area contributed by atoms with Crippen molar-refractivity contribution < 1.29 is 19.1 Å². The number of amides is 2. The average Bonchev–Trinajstić information content (AvgIpc) is 2.80. The lowest BCUT2D eigenvalue weighted by Crippen LogP contribution is -2.56. The van der Waals surface area contributed by atoms with E-state index in [9.17, 15) is 14.4 Å². The van der Waals surface area contributed by atoms with E-state index in [4.69, 9.17) is 27.9 Å². The number of carbonyl (C=O) groups excluding carboxylic acids is 3. The number of carbonyl (C=O) groups is 3. The summed E-state index contributed by atoms with van der Waals surface area (Å²) in [6.07, 6.45) is 4.24. The fraction of sp³-hybridized carbons (Fsp3) is 0.321. The number of rotatable bonds is 6. The summed E-state index contributed by atoms with van der Waals surface area (Å²) in [4.78, 5) is 41.7. The lowest BCUT2D eigenvalue weighted by atomic mass is 9.72. The fourth-order valence-electron chi connectivity index (χ4n) is 4.76. The van der Waals surface area contributed by atoms with Crippen molar-refractivity contribution in [1.29, 1.82) is 0 Å². The van der Waals surface area contributed by atoms with Gasteiger partial charge in [-0.15, -0.1) is 0 Å². The van der Waals surface area contributed by atoms with Gasteiger partial charge in [-0.1, -0.05) is 73.5 Å². The van der Waals surface area contributed by atoms with Gasteiger partial charge in [0.05, 0.1) is 12.6 Å². The number of urea groups is 1. The van der Waals surface area contributed by atoms with Gasteiger partial charge in [0.25, 0.3) is 0 Å². The highest BCUT2D eigenvalue weighted by Gasteiger charge is 2.47. The zero-order valence-corrected chi connectivity index (χ0v) is 21.9. The molecule has 8 heteroatoms. The van der Waals surface area contributed by atoms with E-state index in [0.717, 1.165) is 5.56 Å². The molecule has 1 heterocycles. The summed E-state index contributed by atoms with van der Waals surface area (Å²) in [5.41, 5.74) is 2.28. The maximum absolute atomic E-state index is 13.6. The van der Waals surface area contributed by atoms with Crippen LogP contribution in [0.2, 0.25) is 10.0 Å². The van der Waals surface area contributed by atoms with Crippen LogP contribution >= 0.6 is 23.2 Å². The molecule has 4 rings (SSSR count). The highest BCUT2D eigenvalue weighted by molar-refractivity contribution is 6.30. The minimum atomic E-state index is -1.09. The number of Topliss-reactive ketones (excluding diaryl/α,β-unsaturated/α-hetero) is 1. The normalized spacial score (nSPS) is 20.2. The van der Waals surface area contributed by atoms with E-state index in [1.165, 1.54) is 4.90 Å². The quantitative estimate of drug-likeness (QED) is 0.445. The van der Waals surface area contributed by atoms with Crippen LogP contribution in [0, 0.1) is 5.41 Å². The third-order valence-corrected chi connectivity index (χ3v) is 6.82. The number of halogens is 2. The first-order chi connectivity index (χ1) is 17.1. The van der Waals surface area contributed by atoms with Crippen LogP contribution in [0.4, 0.5) is 4.79 Å². The van der Waals surface area contributed by atoms with Crippen LogP contribution in [0.15, 0.2) is 65.9 Å². The van der Waals surface area contributed by atoms with Crippen molar-refractivity contribution in [3.63, 3.8) is 0 Å². The number of nitrogens with one attached hydrogen (secondary N) is 1. The number of ketones is 1. The smallest absolute Gasteiger partial charge is 0.333 e. The van der Waals surface area contributed by atoms with Crippen molar-refractivity contribution in [3.8, 4) is 0 Å². The molecule has 1 aliphatic heterocycles. The van der Waals surface area contributed by atoms with E-state index in [0.29, 0.717) is 39.7 Å². The van der Waals surface area contributed by atoms with Gasteiger partial charge >= 0.3 is 12.0 Å². The second kappa shape index (κ2) is 10.5. The molecule has 1 N–H and O–H groups in total. The summed E-state index contributed by atoms with van der Waals surface area (Å²) < 4.78 is 5.36. The lowest BCUT2D eigenvalue weighted by Gasteiger charge is -2.45. The fourth-order valence-corrected chi connectivity index (χ4v) is 5.01. The summed E-state index contributed by atoms with van der Waals surface area (Å²) >= 11 is 12.1. The maximum atomic E-state index is 13.6. The van der Waals surface area contributed by atoms with Gasteiger partial charge in [-0.3, -0.25) is 9.69 Å². The van der Waals surface area contributed by atoms with E-state index < -0.39 is 24.1 Å². The molecule has 0 bridgehead atoms. The van der Waals surface area contributed by atoms with E-state index in [-0.39, 0.29) is 17.8 Å². The molecule has 0 saturated carbocycles. The minimum absolute atomic E-state index is 0.0597. The molecular formula is C28H28Cl2N2O4. The van der Waals surface area contributed by atoms with Crippen LogP contribution in [-0.4, -0.2) is 35.3 Å². The zero-order chi connectivity index (χ0) is 26.0. The Hall–Kier alpha value is -3.09. The van der Waals surface area contributed by atoms with E-state index in [2.05, 4.69) is 5.32 Å². The van der Waals surface area contributed by atoms with E-state index in [1.807, 2.05) is 13.8 Å². The molecule has 0 radical (unpaired) electrons. The Morgan fingerprint density at radius 1 is 1.08 bits per heavy atom. The van der Waals surface area contributed by atoms with Gasteiger partial charge in [-0.05, 0) is 54.2 Å². The van der Waals surface area contributed by atoms with Crippen molar-refractivity contribution in [2.75, 3.05) is 6.61 Å². The van der Waals surface area contributed by atoms with Crippen LogP contribution in [0.3, 0.4) is 0 Å². The van der Waals surface area contributed by atoms with E-state index in [1.54, 1.807) is 67.6 Å². The lowest BCUT2D eigenvalue weighted by molar-refractivity contribution is -0.147. The molecule has 0 saturated heterocycles. The summed E-state index contributed by atoms with van der Waals surface area (Å²) in [5.74, 6) is -0.653. The topological polar surface area (TPSA) is 75.7 Å². The highest BCUT2D eigenvalue weighted by atomic mass is 35.5. The molecule has 2 amide bonds. The standard InChI is InChI=1S/C28H28Cl2N2O4/c1-4-36-26(34)22(14-7-17-5-10-19(29)11-6-17)32-25(18-8-12-20(30)13-9-18)24-21(31-27(32)35)15-28(2,3)16-23(24)33/h5-14,22,25H,4,15-16H2,1-3H3,(H,31,35)/b14-7+. The summed E-state index contributed by atoms with van der Waals surface area (Å²) in [7, 11) is 0. The number of nitrogens with zero attached hydrogens (tertiary/aromatic N) is 1. The molecule has 0 spiro atoms. The van der Waals surface area contributed by atoms with Gasteiger partial charge in [0.2, 0.25) is 0 Å². The van der Waals surface area contributed by atoms with Gasteiger partial charge in [0, 0.05) is 27.7 Å². The Labute approximate surface area is 220 Å².